The van der Waals surface area contributed by atoms with Crippen molar-refractivity contribution >= 4 is 44.6 Å². The molecule has 1 unspecified atom stereocenters. The quantitative estimate of drug-likeness (QED) is 0.792. The van der Waals surface area contributed by atoms with Crippen molar-refractivity contribution in [3.05, 3.63) is 22.6 Å². The van der Waals surface area contributed by atoms with Crippen LogP contribution in [0, 0.1) is 0 Å². The van der Waals surface area contributed by atoms with E-state index in [0.29, 0.717) is 24.5 Å². The van der Waals surface area contributed by atoms with Gasteiger partial charge in [0.2, 0.25) is 5.91 Å². The smallest absolute Gasteiger partial charge is 0.242 e. The van der Waals surface area contributed by atoms with Crippen LogP contribution < -0.4 is 5.32 Å². The Kier molecular flexibility index (Phi) is 5.58. The summed E-state index contributed by atoms with van der Waals surface area (Å²) in [6.07, 6.45) is 3.21. The van der Waals surface area contributed by atoms with E-state index in [1.54, 1.807) is 6.20 Å². The van der Waals surface area contributed by atoms with Crippen molar-refractivity contribution in [3.8, 4) is 0 Å². The average molecular weight is 374 g/mol. The minimum atomic E-state index is -0.367. The van der Waals surface area contributed by atoms with Gasteiger partial charge in [0.1, 0.15) is 17.4 Å². The maximum Gasteiger partial charge on any atom is 0.242 e. The van der Waals surface area contributed by atoms with Crippen LogP contribution in [0.4, 0.5) is 0 Å². The van der Waals surface area contributed by atoms with Crippen molar-refractivity contribution in [1.29, 1.82) is 0 Å². The Bertz CT molecular complexity index is 643. The molecule has 0 saturated carbocycles. The molecule has 2 aromatic heterocycles. The molecule has 0 spiro atoms. The minimum Gasteiger partial charge on any atom is -0.354 e. The van der Waals surface area contributed by atoms with Crippen LogP contribution >= 0.6 is 27.5 Å². The highest BCUT2D eigenvalue weighted by molar-refractivity contribution is 9.10. The van der Waals surface area contributed by atoms with Crippen LogP contribution in [0.1, 0.15) is 32.1 Å². The van der Waals surface area contributed by atoms with Gasteiger partial charge >= 0.3 is 0 Å². The summed E-state index contributed by atoms with van der Waals surface area (Å²) in [6.45, 7) is 4.54. The van der Waals surface area contributed by atoms with Crippen LogP contribution in [-0.4, -0.2) is 32.9 Å². The molecule has 1 N–H and O–H groups in total. The van der Waals surface area contributed by atoms with Crippen molar-refractivity contribution < 1.29 is 4.79 Å². The van der Waals surface area contributed by atoms with Crippen molar-refractivity contribution in [1.82, 2.24) is 19.9 Å². The van der Waals surface area contributed by atoms with Crippen molar-refractivity contribution in [3.63, 3.8) is 0 Å². The number of pyridine rings is 1. The zero-order valence-corrected chi connectivity index (χ0v) is 14.4. The Labute approximate surface area is 137 Å². The summed E-state index contributed by atoms with van der Waals surface area (Å²) in [5.41, 5.74) is 1.47. The molecule has 0 saturated heterocycles. The highest BCUT2D eigenvalue weighted by atomic mass is 79.9. The Morgan fingerprint density at radius 2 is 2.33 bits per heavy atom. The number of hydrogen-bond acceptors (Lipinski definition) is 3. The van der Waals surface area contributed by atoms with Crippen molar-refractivity contribution in [2.24, 2.45) is 0 Å². The number of rotatable bonds is 6. The maximum atomic E-state index is 12.2. The minimum absolute atomic E-state index is 0.0308. The fraction of sp³-hybridized carbons (Fsp3) is 0.500. The Balaban J connectivity index is 2.44. The first-order valence-corrected chi connectivity index (χ1v) is 8.27. The van der Waals surface area contributed by atoms with E-state index in [4.69, 9.17) is 11.6 Å². The van der Waals surface area contributed by atoms with Gasteiger partial charge in [-0.3, -0.25) is 4.79 Å². The van der Waals surface area contributed by atoms with Gasteiger partial charge in [-0.2, -0.15) is 0 Å². The van der Waals surface area contributed by atoms with Gasteiger partial charge < -0.3 is 9.88 Å². The number of carbonyl (C=O) groups is 1. The molecule has 0 radical (unpaired) electrons. The fourth-order valence-corrected chi connectivity index (χ4v) is 2.67. The second-order valence-corrected chi connectivity index (χ2v) is 6.09. The Hall–Kier alpha value is -1.14. The van der Waals surface area contributed by atoms with Crippen LogP contribution in [-0.2, 0) is 11.2 Å². The summed E-state index contributed by atoms with van der Waals surface area (Å²) in [7, 11) is 0. The molecule has 0 aliphatic carbocycles. The van der Waals surface area contributed by atoms with E-state index in [9.17, 15) is 4.79 Å². The molecule has 2 rings (SSSR count). The summed E-state index contributed by atoms with van der Waals surface area (Å²) >= 11 is 9.24. The Morgan fingerprint density at radius 3 is 3.00 bits per heavy atom. The second-order valence-electron chi connectivity index (χ2n) is 4.80. The van der Waals surface area contributed by atoms with Gasteiger partial charge in [-0.05, 0) is 35.3 Å². The number of halogens is 2. The van der Waals surface area contributed by atoms with Crippen LogP contribution in [0.2, 0.25) is 0 Å². The largest absolute Gasteiger partial charge is 0.354 e. The Morgan fingerprint density at radius 1 is 1.57 bits per heavy atom. The lowest BCUT2D eigenvalue weighted by atomic mass is 10.2. The number of fused-ring (bicyclic) bond motifs is 1. The third-order valence-electron chi connectivity index (χ3n) is 3.20. The van der Waals surface area contributed by atoms with E-state index in [0.717, 1.165) is 22.2 Å². The number of aryl methyl sites for hydroxylation is 1. The van der Waals surface area contributed by atoms with E-state index in [2.05, 4.69) is 31.2 Å². The standard InChI is InChI=1S/C14H18BrClN4O/c1-3-6-17-14(21)9(2)20-12(4-5-16)19-11-7-10(15)8-18-13(11)20/h7-9H,3-6H2,1-2H3,(H,17,21). The molecular weight excluding hydrogens is 356 g/mol. The maximum absolute atomic E-state index is 12.2. The second kappa shape index (κ2) is 7.22. The molecule has 0 bridgehead atoms. The number of nitrogens with zero attached hydrogens (tertiary/aromatic N) is 3. The van der Waals surface area contributed by atoms with E-state index in [1.165, 1.54) is 0 Å². The van der Waals surface area contributed by atoms with E-state index < -0.39 is 0 Å². The molecule has 114 valence electrons. The molecule has 7 heteroatoms. The molecule has 0 aromatic carbocycles. The molecular formula is C14H18BrClN4O. The third-order valence-corrected chi connectivity index (χ3v) is 3.83. The molecule has 0 fully saturated rings. The first-order chi connectivity index (χ1) is 10.1. The zero-order chi connectivity index (χ0) is 15.4. The molecule has 0 aliphatic rings. The zero-order valence-electron chi connectivity index (χ0n) is 12.1. The summed E-state index contributed by atoms with van der Waals surface area (Å²) < 4.78 is 2.73. The summed E-state index contributed by atoms with van der Waals surface area (Å²) in [4.78, 5) is 21.2. The van der Waals surface area contributed by atoms with Gasteiger partial charge in [-0.1, -0.05) is 6.92 Å². The van der Waals surface area contributed by atoms with E-state index >= 15 is 0 Å². The molecule has 21 heavy (non-hydrogen) atoms. The lowest BCUT2D eigenvalue weighted by Crippen LogP contribution is -2.32. The van der Waals surface area contributed by atoms with Crippen molar-refractivity contribution in [2.45, 2.75) is 32.7 Å². The first-order valence-electron chi connectivity index (χ1n) is 6.94. The molecule has 0 aliphatic heterocycles. The van der Waals surface area contributed by atoms with Gasteiger partial charge in [-0.25, -0.2) is 9.97 Å². The normalized spacial score (nSPS) is 12.6. The highest BCUT2D eigenvalue weighted by Crippen LogP contribution is 2.23. The first kappa shape index (κ1) is 16.2. The number of aromatic nitrogens is 3. The molecule has 1 atom stereocenters. The number of amides is 1. The fourth-order valence-electron chi connectivity index (χ4n) is 2.19. The molecule has 2 heterocycles. The van der Waals surface area contributed by atoms with Crippen molar-refractivity contribution in [2.75, 3.05) is 12.4 Å². The number of nitrogens with one attached hydrogen (secondary N) is 1. The third kappa shape index (κ3) is 3.55. The van der Waals surface area contributed by atoms with Gasteiger partial charge in [0, 0.05) is 29.5 Å². The van der Waals surface area contributed by atoms with Gasteiger partial charge in [0.15, 0.2) is 5.65 Å². The van der Waals surface area contributed by atoms with E-state index in [-0.39, 0.29) is 11.9 Å². The average Bonchev–Trinajstić information content (AvgIpc) is 2.81. The number of alkyl halides is 1. The van der Waals surface area contributed by atoms with Gasteiger partial charge in [-0.15, -0.1) is 11.6 Å². The van der Waals surface area contributed by atoms with Crippen LogP contribution in [0.15, 0.2) is 16.7 Å². The lowest BCUT2D eigenvalue weighted by molar-refractivity contribution is -0.123. The van der Waals surface area contributed by atoms with E-state index in [1.807, 2.05) is 24.5 Å². The lowest BCUT2D eigenvalue weighted by Gasteiger charge is -2.16. The monoisotopic (exact) mass is 372 g/mol. The number of carbonyl (C=O) groups excluding carboxylic acids is 1. The molecule has 2 aromatic rings. The number of hydrogen-bond donors (Lipinski definition) is 1. The SMILES string of the molecule is CCCNC(=O)C(C)n1c(CCCl)nc2cc(Br)cnc21. The topological polar surface area (TPSA) is 59.8 Å². The van der Waals surface area contributed by atoms with Crippen LogP contribution in [0.25, 0.3) is 11.2 Å². The highest BCUT2D eigenvalue weighted by Gasteiger charge is 2.21. The van der Waals surface area contributed by atoms with Crippen LogP contribution in [0.3, 0.4) is 0 Å². The predicted octanol–water partition coefficient (Wildman–Crippen LogP) is 3.06. The number of imidazole rings is 1. The predicted molar refractivity (Wildman–Crippen MR) is 87.7 cm³/mol. The summed E-state index contributed by atoms with van der Waals surface area (Å²) in [6, 6.07) is 1.53. The van der Waals surface area contributed by atoms with Crippen LogP contribution in [0.5, 0.6) is 0 Å². The van der Waals surface area contributed by atoms with Gasteiger partial charge in [0.05, 0.1) is 0 Å². The summed E-state index contributed by atoms with van der Waals surface area (Å²) in [5.74, 6) is 1.20. The molecule has 1 amide bonds. The summed E-state index contributed by atoms with van der Waals surface area (Å²) in [5, 5.41) is 2.91. The molecule has 5 nitrogen and oxygen atoms in total. The van der Waals surface area contributed by atoms with Gasteiger partial charge in [0.25, 0.3) is 0 Å².